The standard InChI is InChI=1S/C32H41FN4O5/c33-24-18-25(19-34)36(20-24)26(38)21-37(28(40)42-22-23-4-2-1-3-5-23)31-12-6-29(7-13-31,8-14-31)27(39)35-30-9-15-32(41,16-10-30)17-11-30/h1-5,24-25,41H,6-18,20-22H2,(H,35,39). The number of halogens is 1. The number of nitrogens with zero attached hydrogens (tertiary/aromatic N) is 3. The number of nitrogens with one attached hydrogen (secondary N) is 1. The Morgan fingerprint density at radius 1 is 1.00 bits per heavy atom. The van der Waals surface area contributed by atoms with Crippen molar-refractivity contribution in [3.63, 3.8) is 0 Å². The van der Waals surface area contributed by atoms with Crippen molar-refractivity contribution in [3.05, 3.63) is 35.9 Å². The first-order valence-corrected chi connectivity index (χ1v) is 15.5. The fourth-order valence-electron chi connectivity index (χ4n) is 8.27. The minimum atomic E-state index is -1.26. The summed E-state index contributed by atoms with van der Waals surface area (Å²) in [5, 5.41) is 23.5. The largest absolute Gasteiger partial charge is 0.445 e. The first-order valence-electron chi connectivity index (χ1n) is 15.5. The normalized spacial score (nSPS) is 36.7. The Kier molecular flexibility index (Phi) is 7.45. The highest BCUT2D eigenvalue weighted by molar-refractivity contribution is 5.85. The zero-order valence-corrected chi connectivity index (χ0v) is 24.2. The maximum Gasteiger partial charge on any atom is 0.411 e. The van der Waals surface area contributed by atoms with Gasteiger partial charge in [0.15, 0.2) is 0 Å². The van der Waals surface area contributed by atoms with Gasteiger partial charge in [-0.15, -0.1) is 0 Å². The molecule has 0 aromatic heterocycles. The number of carbonyl (C=O) groups is 3. The second kappa shape index (κ2) is 10.8. The molecule has 1 aromatic carbocycles. The van der Waals surface area contributed by atoms with E-state index in [1.54, 1.807) is 0 Å². The van der Waals surface area contributed by atoms with E-state index in [1.807, 2.05) is 36.4 Å². The molecule has 7 fully saturated rings. The number of benzene rings is 1. The summed E-state index contributed by atoms with van der Waals surface area (Å²) in [6.45, 7) is -0.385. The van der Waals surface area contributed by atoms with E-state index >= 15 is 0 Å². The van der Waals surface area contributed by atoms with Crippen LogP contribution < -0.4 is 5.32 Å². The summed E-state index contributed by atoms with van der Waals surface area (Å²) >= 11 is 0. The van der Waals surface area contributed by atoms with Crippen LogP contribution in [-0.4, -0.2) is 74.8 Å². The second-order valence-electron chi connectivity index (χ2n) is 13.6. The summed E-state index contributed by atoms with van der Waals surface area (Å²) in [7, 11) is 0. The number of likely N-dealkylation sites (tertiary alicyclic amines) is 1. The lowest BCUT2D eigenvalue weighted by atomic mass is 9.55. The zero-order valence-electron chi connectivity index (χ0n) is 24.2. The van der Waals surface area contributed by atoms with Gasteiger partial charge in [0.05, 0.1) is 18.2 Å². The molecule has 42 heavy (non-hydrogen) atoms. The highest BCUT2D eigenvalue weighted by Gasteiger charge is 2.58. The van der Waals surface area contributed by atoms with Crippen LogP contribution in [0.15, 0.2) is 30.3 Å². The van der Waals surface area contributed by atoms with Crippen molar-refractivity contribution in [2.24, 2.45) is 5.41 Å². The van der Waals surface area contributed by atoms with Crippen molar-refractivity contribution in [3.8, 4) is 6.07 Å². The number of nitriles is 1. The number of hydrogen-bond acceptors (Lipinski definition) is 6. The molecule has 6 saturated carbocycles. The van der Waals surface area contributed by atoms with Crippen molar-refractivity contribution in [2.45, 2.75) is 119 Å². The molecule has 0 spiro atoms. The Bertz CT molecular complexity index is 1220. The maximum atomic E-state index is 14.1. The molecular weight excluding hydrogens is 539 g/mol. The van der Waals surface area contributed by atoms with Crippen LogP contribution >= 0.6 is 0 Å². The lowest BCUT2D eigenvalue weighted by molar-refractivity contribution is -0.150. The third kappa shape index (κ3) is 5.25. The third-order valence-electron chi connectivity index (χ3n) is 11.3. The van der Waals surface area contributed by atoms with Crippen LogP contribution in [0.3, 0.4) is 0 Å². The van der Waals surface area contributed by atoms with E-state index in [-0.39, 0.29) is 37.6 Å². The first kappa shape index (κ1) is 28.9. The maximum absolute atomic E-state index is 14.1. The molecule has 3 amide bonds. The molecule has 1 aromatic rings. The van der Waals surface area contributed by atoms with Gasteiger partial charge < -0.3 is 20.1 Å². The molecule has 226 valence electrons. The summed E-state index contributed by atoms with van der Waals surface area (Å²) in [5.74, 6) is -0.373. The van der Waals surface area contributed by atoms with Gasteiger partial charge in [0.25, 0.3) is 0 Å². The highest BCUT2D eigenvalue weighted by Crippen LogP contribution is 2.56. The van der Waals surface area contributed by atoms with Gasteiger partial charge in [-0.3, -0.25) is 14.5 Å². The van der Waals surface area contributed by atoms with Crippen LogP contribution in [0.2, 0.25) is 0 Å². The van der Waals surface area contributed by atoms with E-state index < -0.39 is 40.8 Å². The van der Waals surface area contributed by atoms with Gasteiger partial charge in [0.1, 0.15) is 25.4 Å². The van der Waals surface area contributed by atoms with Gasteiger partial charge in [0, 0.05) is 22.9 Å². The fraction of sp³-hybridized carbons (Fsp3) is 0.688. The number of alkyl halides is 1. The van der Waals surface area contributed by atoms with Crippen molar-refractivity contribution in [2.75, 3.05) is 13.1 Å². The molecule has 1 heterocycles. The van der Waals surface area contributed by atoms with E-state index in [2.05, 4.69) is 5.32 Å². The number of aliphatic hydroxyl groups is 1. The Labute approximate surface area is 246 Å². The van der Waals surface area contributed by atoms with Crippen molar-refractivity contribution >= 4 is 17.9 Å². The smallest absolute Gasteiger partial charge is 0.411 e. The third-order valence-corrected chi connectivity index (χ3v) is 11.3. The molecule has 2 N–H and O–H groups in total. The van der Waals surface area contributed by atoms with Crippen LogP contribution in [0.25, 0.3) is 0 Å². The number of amides is 3. The van der Waals surface area contributed by atoms with Crippen LogP contribution in [-0.2, 0) is 20.9 Å². The minimum absolute atomic E-state index is 0.0236. The molecule has 4 bridgehead atoms. The molecular formula is C32H41FN4O5. The molecule has 9 nitrogen and oxygen atoms in total. The SMILES string of the molecule is N#CC1CC(F)CN1C(=O)CN(C(=O)OCc1ccccc1)C12CCC(C(=O)NC34CCC(O)(CC3)CC4)(CC1)CC2. The number of hydrogen-bond donors (Lipinski definition) is 2. The van der Waals surface area contributed by atoms with Crippen LogP contribution in [0.5, 0.6) is 0 Å². The van der Waals surface area contributed by atoms with E-state index in [0.29, 0.717) is 38.5 Å². The van der Waals surface area contributed by atoms with Crippen molar-refractivity contribution in [1.29, 1.82) is 5.26 Å². The fourth-order valence-corrected chi connectivity index (χ4v) is 8.27. The van der Waals surface area contributed by atoms with Crippen LogP contribution in [0.4, 0.5) is 9.18 Å². The monoisotopic (exact) mass is 580 g/mol. The average molecular weight is 581 g/mol. The molecule has 2 atom stereocenters. The van der Waals surface area contributed by atoms with Gasteiger partial charge in [-0.2, -0.15) is 5.26 Å². The van der Waals surface area contributed by atoms with Gasteiger partial charge >= 0.3 is 6.09 Å². The highest BCUT2D eigenvalue weighted by atomic mass is 19.1. The summed E-state index contributed by atoms with van der Waals surface area (Å²) in [6.07, 6.45) is 6.20. The molecule has 1 aliphatic heterocycles. The quantitative estimate of drug-likeness (QED) is 0.500. The average Bonchev–Trinajstić information content (AvgIpc) is 3.41. The van der Waals surface area contributed by atoms with E-state index in [4.69, 9.17) is 4.74 Å². The van der Waals surface area contributed by atoms with Gasteiger partial charge in [-0.1, -0.05) is 30.3 Å². The lowest BCUT2D eigenvalue weighted by Crippen LogP contribution is -2.65. The Morgan fingerprint density at radius 2 is 1.62 bits per heavy atom. The molecule has 6 aliphatic carbocycles. The van der Waals surface area contributed by atoms with E-state index in [0.717, 1.165) is 44.1 Å². The summed E-state index contributed by atoms with van der Waals surface area (Å²) < 4.78 is 19.9. The summed E-state index contributed by atoms with van der Waals surface area (Å²) in [6, 6.07) is 10.5. The predicted octanol–water partition coefficient (Wildman–Crippen LogP) is 4.13. The van der Waals surface area contributed by atoms with Crippen molar-refractivity contribution < 1.29 is 28.6 Å². The number of rotatable bonds is 7. The minimum Gasteiger partial charge on any atom is -0.445 e. The van der Waals surface area contributed by atoms with E-state index in [9.17, 15) is 29.1 Å². The van der Waals surface area contributed by atoms with E-state index in [1.165, 1.54) is 9.80 Å². The zero-order chi connectivity index (χ0) is 29.6. The van der Waals surface area contributed by atoms with Crippen LogP contribution in [0.1, 0.15) is 89.0 Å². The second-order valence-corrected chi connectivity index (χ2v) is 13.6. The molecule has 0 radical (unpaired) electrons. The van der Waals surface area contributed by atoms with Gasteiger partial charge in [-0.05, 0) is 82.6 Å². The summed E-state index contributed by atoms with van der Waals surface area (Å²) in [4.78, 5) is 43.7. The Hall–Kier alpha value is -3.19. The lowest BCUT2D eigenvalue weighted by Gasteiger charge is -2.57. The first-order chi connectivity index (χ1) is 20.1. The number of carbonyl (C=O) groups excluding carboxylic acids is 3. The van der Waals surface area contributed by atoms with Gasteiger partial charge in [-0.25, -0.2) is 9.18 Å². The molecule has 7 aliphatic rings. The number of ether oxygens (including phenoxy) is 1. The molecule has 2 unspecified atom stereocenters. The number of fused-ring (bicyclic) bond motifs is 6. The molecule has 10 heteroatoms. The van der Waals surface area contributed by atoms with Crippen LogP contribution in [0, 0.1) is 16.7 Å². The topological polar surface area (TPSA) is 123 Å². The Morgan fingerprint density at radius 3 is 2.21 bits per heavy atom. The molecule has 1 saturated heterocycles. The molecule has 8 rings (SSSR count). The van der Waals surface area contributed by atoms with Gasteiger partial charge in [0.2, 0.25) is 11.8 Å². The Balaban J connectivity index is 1.16. The van der Waals surface area contributed by atoms with Crippen molar-refractivity contribution in [1.82, 2.24) is 15.1 Å². The predicted molar refractivity (Wildman–Crippen MR) is 150 cm³/mol. The summed E-state index contributed by atoms with van der Waals surface area (Å²) in [5.41, 5.74) is -1.13.